The van der Waals surface area contributed by atoms with Crippen LogP contribution in [-0.2, 0) is 9.53 Å². The van der Waals surface area contributed by atoms with Crippen molar-refractivity contribution in [2.75, 3.05) is 6.54 Å². The van der Waals surface area contributed by atoms with Crippen molar-refractivity contribution < 1.29 is 24.2 Å². The molecule has 0 unspecified atom stereocenters. The molecule has 0 saturated carbocycles. The Labute approximate surface area is 135 Å². The largest absolute Gasteiger partial charge is 0.480 e. The molecule has 1 saturated heterocycles. The van der Waals surface area contributed by atoms with Gasteiger partial charge in [0.05, 0.1) is 6.54 Å². The second-order valence-electron chi connectivity index (χ2n) is 6.63. The molecule has 1 amide bonds. The van der Waals surface area contributed by atoms with Crippen LogP contribution in [0.2, 0.25) is 0 Å². The highest BCUT2D eigenvalue weighted by Gasteiger charge is 2.42. The van der Waals surface area contributed by atoms with Crippen molar-refractivity contribution in [3.05, 3.63) is 23.9 Å². The van der Waals surface area contributed by atoms with Crippen LogP contribution in [0.3, 0.4) is 0 Å². The van der Waals surface area contributed by atoms with Gasteiger partial charge in [0.25, 0.3) is 0 Å². The zero-order valence-electron chi connectivity index (χ0n) is 13.8. The Bertz CT molecular complexity index is 596. The van der Waals surface area contributed by atoms with Crippen LogP contribution in [0.4, 0.5) is 4.79 Å². The number of amides is 1. The molecule has 1 N–H and O–H groups in total. The molecule has 1 aliphatic rings. The van der Waals surface area contributed by atoms with Gasteiger partial charge in [-0.05, 0) is 39.3 Å². The van der Waals surface area contributed by atoms with Gasteiger partial charge in [0.1, 0.15) is 17.7 Å². The molecular weight excluding hydrogens is 300 g/mol. The molecule has 7 nitrogen and oxygen atoms in total. The van der Waals surface area contributed by atoms with E-state index in [2.05, 4.69) is 4.98 Å². The number of likely N-dealkylation sites (tertiary alicyclic amines) is 1. The minimum atomic E-state index is -1.07. The molecule has 1 aromatic heterocycles. The van der Waals surface area contributed by atoms with Crippen molar-refractivity contribution in [2.24, 2.45) is 0 Å². The third-order valence-electron chi connectivity index (χ3n) is 3.35. The van der Waals surface area contributed by atoms with E-state index >= 15 is 0 Å². The van der Waals surface area contributed by atoms with Crippen molar-refractivity contribution >= 4 is 12.1 Å². The number of pyridine rings is 1. The summed E-state index contributed by atoms with van der Waals surface area (Å²) >= 11 is 0. The number of hydrogen-bond donors (Lipinski definition) is 1. The second-order valence-corrected chi connectivity index (χ2v) is 6.63. The molecule has 0 bridgehead atoms. The number of aromatic nitrogens is 1. The molecule has 23 heavy (non-hydrogen) atoms. The number of aryl methyl sites for hydroxylation is 1. The Morgan fingerprint density at radius 1 is 1.39 bits per heavy atom. The number of hydrogen-bond acceptors (Lipinski definition) is 5. The van der Waals surface area contributed by atoms with Crippen LogP contribution in [0.5, 0.6) is 5.88 Å². The van der Waals surface area contributed by atoms with Crippen molar-refractivity contribution in [3.8, 4) is 5.88 Å². The maximum Gasteiger partial charge on any atom is 0.411 e. The van der Waals surface area contributed by atoms with Crippen LogP contribution in [0.1, 0.15) is 32.8 Å². The normalized spacial score (nSPS) is 21.1. The monoisotopic (exact) mass is 322 g/mol. The number of carbonyl (C=O) groups is 2. The first-order valence-corrected chi connectivity index (χ1v) is 7.47. The Morgan fingerprint density at radius 3 is 2.65 bits per heavy atom. The zero-order chi connectivity index (χ0) is 17.2. The van der Waals surface area contributed by atoms with E-state index in [9.17, 15) is 14.7 Å². The highest BCUT2D eigenvalue weighted by atomic mass is 16.6. The molecule has 1 fully saturated rings. The lowest BCUT2D eigenvalue weighted by Gasteiger charge is -2.26. The molecule has 0 radical (unpaired) electrons. The summed E-state index contributed by atoms with van der Waals surface area (Å²) in [6.07, 6.45) is 0.746. The fourth-order valence-corrected chi connectivity index (χ4v) is 2.38. The standard InChI is InChI=1S/C16H22N2O5/c1-10-5-6-17-13(7-10)22-11-8-12(14(19)20)18(9-11)15(21)23-16(2,3)4/h5-7,11-12H,8-9H2,1-4H3,(H,19,20)/t11-,12+/m1/s1. The van der Waals surface area contributed by atoms with E-state index in [0.717, 1.165) is 5.56 Å². The van der Waals surface area contributed by atoms with Crippen molar-refractivity contribution in [3.63, 3.8) is 0 Å². The van der Waals surface area contributed by atoms with Gasteiger partial charge in [-0.25, -0.2) is 14.6 Å². The quantitative estimate of drug-likeness (QED) is 0.918. The highest BCUT2D eigenvalue weighted by Crippen LogP contribution is 2.24. The lowest BCUT2D eigenvalue weighted by Crippen LogP contribution is -2.43. The van der Waals surface area contributed by atoms with Crippen LogP contribution in [0, 0.1) is 6.92 Å². The minimum Gasteiger partial charge on any atom is -0.480 e. The molecule has 7 heteroatoms. The Hall–Kier alpha value is -2.31. The summed E-state index contributed by atoms with van der Waals surface area (Å²) in [5.74, 6) is -0.649. The van der Waals surface area contributed by atoms with E-state index < -0.39 is 29.8 Å². The number of aliphatic carboxylic acids is 1. The minimum absolute atomic E-state index is 0.154. The summed E-state index contributed by atoms with van der Waals surface area (Å²) in [7, 11) is 0. The lowest BCUT2D eigenvalue weighted by atomic mass is 10.2. The molecular formula is C16H22N2O5. The van der Waals surface area contributed by atoms with Gasteiger partial charge in [0.15, 0.2) is 0 Å². The van der Waals surface area contributed by atoms with E-state index in [-0.39, 0.29) is 13.0 Å². The molecule has 2 heterocycles. The summed E-state index contributed by atoms with van der Waals surface area (Å²) in [5, 5.41) is 9.34. The van der Waals surface area contributed by atoms with E-state index in [4.69, 9.17) is 9.47 Å². The van der Waals surface area contributed by atoms with Crippen molar-refractivity contribution in [1.29, 1.82) is 0 Å². The first kappa shape index (κ1) is 17.1. The molecule has 0 aliphatic carbocycles. The molecule has 0 spiro atoms. The molecule has 1 aliphatic heterocycles. The van der Waals surface area contributed by atoms with Gasteiger partial charge in [-0.2, -0.15) is 0 Å². The van der Waals surface area contributed by atoms with E-state index in [1.807, 2.05) is 13.0 Å². The first-order valence-electron chi connectivity index (χ1n) is 7.47. The fourth-order valence-electron chi connectivity index (χ4n) is 2.38. The Balaban J connectivity index is 2.08. The van der Waals surface area contributed by atoms with Crippen LogP contribution in [0.25, 0.3) is 0 Å². The molecule has 1 aromatic rings. The third kappa shape index (κ3) is 4.58. The summed E-state index contributed by atoms with van der Waals surface area (Å²) in [4.78, 5) is 28.9. The van der Waals surface area contributed by atoms with Gasteiger partial charge in [0, 0.05) is 18.7 Å². The number of rotatable bonds is 3. The smallest absolute Gasteiger partial charge is 0.411 e. The first-order chi connectivity index (χ1) is 10.7. The SMILES string of the molecule is Cc1ccnc(O[C@@H]2C[C@@H](C(=O)O)N(C(=O)OC(C)(C)C)C2)c1. The summed E-state index contributed by atoms with van der Waals surface area (Å²) in [5.41, 5.74) is 0.309. The van der Waals surface area contributed by atoms with Crippen LogP contribution >= 0.6 is 0 Å². The average molecular weight is 322 g/mol. The van der Waals surface area contributed by atoms with Crippen LogP contribution in [-0.4, -0.2) is 51.3 Å². The van der Waals surface area contributed by atoms with E-state index in [1.54, 1.807) is 33.0 Å². The Kier molecular flexibility index (Phi) is 4.77. The predicted molar refractivity (Wildman–Crippen MR) is 82.4 cm³/mol. The van der Waals surface area contributed by atoms with Gasteiger partial charge in [-0.3, -0.25) is 4.90 Å². The average Bonchev–Trinajstić information content (AvgIpc) is 2.81. The molecule has 0 aromatic carbocycles. The van der Waals surface area contributed by atoms with Gasteiger partial charge in [-0.1, -0.05) is 0 Å². The zero-order valence-corrected chi connectivity index (χ0v) is 13.8. The number of carboxylic acids is 1. The summed E-state index contributed by atoms with van der Waals surface area (Å²) in [6.45, 7) is 7.28. The highest BCUT2D eigenvalue weighted by molar-refractivity contribution is 5.81. The van der Waals surface area contributed by atoms with E-state index in [0.29, 0.717) is 5.88 Å². The Morgan fingerprint density at radius 2 is 2.09 bits per heavy atom. The van der Waals surface area contributed by atoms with Gasteiger partial charge in [-0.15, -0.1) is 0 Å². The van der Waals surface area contributed by atoms with E-state index in [1.165, 1.54) is 4.90 Å². The number of ether oxygens (including phenoxy) is 2. The van der Waals surface area contributed by atoms with Crippen molar-refractivity contribution in [2.45, 2.75) is 51.9 Å². The lowest BCUT2D eigenvalue weighted by molar-refractivity contribution is -0.142. The molecule has 2 atom stereocenters. The van der Waals surface area contributed by atoms with Gasteiger partial charge < -0.3 is 14.6 Å². The summed E-state index contributed by atoms with van der Waals surface area (Å²) in [6, 6.07) is 2.65. The number of carboxylic acid groups (broad SMARTS) is 1. The molecule has 126 valence electrons. The predicted octanol–water partition coefficient (Wildman–Crippen LogP) is 2.23. The second kappa shape index (κ2) is 6.44. The maximum atomic E-state index is 12.2. The summed E-state index contributed by atoms with van der Waals surface area (Å²) < 4.78 is 11.0. The topological polar surface area (TPSA) is 89.0 Å². The third-order valence-corrected chi connectivity index (χ3v) is 3.35. The number of nitrogens with zero attached hydrogens (tertiary/aromatic N) is 2. The van der Waals surface area contributed by atoms with Gasteiger partial charge >= 0.3 is 12.1 Å². The fraction of sp³-hybridized carbons (Fsp3) is 0.562. The van der Waals surface area contributed by atoms with Crippen molar-refractivity contribution in [1.82, 2.24) is 9.88 Å². The van der Waals surface area contributed by atoms with Crippen LogP contribution in [0.15, 0.2) is 18.3 Å². The van der Waals surface area contributed by atoms with Gasteiger partial charge in [0.2, 0.25) is 5.88 Å². The van der Waals surface area contributed by atoms with Crippen LogP contribution < -0.4 is 4.74 Å². The molecule has 2 rings (SSSR count). The maximum absolute atomic E-state index is 12.2. The number of carbonyl (C=O) groups excluding carboxylic acids is 1.